The zero-order chi connectivity index (χ0) is 13.9. The molecule has 1 aromatic carbocycles. The number of fused-ring (bicyclic) bond motifs is 1. The highest BCUT2D eigenvalue weighted by molar-refractivity contribution is 5.74. The van der Waals surface area contributed by atoms with Crippen molar-refractivity contribution in [3.8, 4) is 5.75 Å². The van der Waals surface area contributed by atoms with Gasteiger partial charge in [-0.05, 0) is 24.3 Å². The largest absolute Gasteiger partial charge is 0.495 e. The van der Waals surface area contributed by atoms with Gasteiger partial charge in [0.05, 0.1) is 30.5 Å². The molecule has 2 N–H and O–H groups in total. The highest BCUT2D eigenvalue weighted by Gasteiger charge is 2.14. The molecule has 0 aliphatic rings. The Balaban J connectivity index is 1.90. The van der Waals surface area contributed by atoms with Crippen molar-refractivity contribution < 1.29 is 4.74 Å². The second-order valence-corrected chi connectivity index (χ2v) is 4.58. The first kappa shape index (κ1) is 12.6. The van der Waals surface area contributed by atoms with Gasteiger partial charge in [0, 0.05) is 12.7 Å². The van der Waals surface area contributed by atoms with Crippen LogP contribution in [-0.2, 0) is 6.54 Å². The Bertz CT molecular complexity index is 722. The molecule has 0 radical (unpaired) electrons. The highest BCUT2D eigenvalue weighted by atomic mass is 16.5. The Morgan fingerprint density at radius 1 is 1.20 bits per heavy atom. The van der Waals surface area contributed by atoms with Crippen LogP contribution in [0.25, 0.3) is 11.0 Å². The normalized spacial score (nSPS) is 12.5. The molecule has 1 atom stereocenters. The third kappa shape index (κ3) is 2.23. The van der Waals surface area contributed by atoms with Crippen molar-refractivity contribution in [1.29, 1.82) is 0 Å². The van der Waals surface area contributed by atoms with Gasteiger partial charge in [0.25, 0.3) is 0 Å². The highest BCUT2D eigenvalue weighted by Crippen LogP contribution is 2.23. The van der Waals surface area contributed by atoms with Crippen LogP contribution in [0.5, 0.6) is 5.75 Å². The van der Waals surface area contributed by atoms with E-state index in [1.54, 1.807) is 19.6 Å². The Morgan fingerprint density at radius 3 is 2.90 bits per heavy atom. The van der Waals surface area contributed by atoms with Crippen molar-refractivity contribution >= 4 is 11.0 Å². The van der Waals surface area contributed by atoms with Crippen LogP contribution >= 0.6 is 0 Å². The topological polar surface area (TPSA) is 66.0 Å². The molecule has 0 spiro atoms. The SMILES string of the molecule is COc1cccnc1C(N)Cn1cnc2ccccc21. The number of para-hydroxylation sites is 2. The standard InChI is InChI=1S/C15H16N4O/c1-20-14-7-4-8-17-15(14)11(16)9-19-10-18-12-5-2-3-6-13(12)19/h2-8,10-11H,9,16H2,1H3. The molecule has 5 nitrogen and oxygen atoms in total. The minimum Gasteiger partial charge on any atom is -0.495 e. The van der Waals surface area contributed by atoms with Gasteiger partial charge in [-0.2, -0.15) is 0 Å². The van der Waals surface area contributed by atoms with E-state index in [4.69, 9.17) is 10.5 Å². The van der Waals surface area contributed by atoms with Crippen LogP contribution in [0, 0.1) is 0 Å². The summed E-state index contributed by atoms with van der Waals surface area (Å²) in [5.74, 6) is 0.712. The van der Waals surface area contributed by atoms with Gasteiger partial charge in [0.15, 0.2) is 0 Å². The van der Waals surface area contributed by atoms with Gasteiger partial charge in [0.1, 0.15) is 11.4 Å². The first-order valence-corrected chi connectivity index (χ1v) is 6.44. The lowest BCUT2D eigenvalue weighted by Crippen LogP contribution is -2.19. The number of nitrogens with zero attached hydrogens (tertiary/aromatic N) is 3. The van der Waals surface area contributed by atoms with Crippen LogP contribution in [0.15, 0.2) is 48.9 Å². The van der Waals surface area contributed by atoms with Crippen LogP contribution in [-0.4, -0.2) is 21.6 Å². The lowest BCUT2D eigenvalue weighted by atomic mass is 10.1. The molecular formula is C15H16N4O. The first-order valence-electron chi connectivity index (χ1n) is 6.44. The fourth-order valence-electron chi connectivity index (χ4n) is 2.31. The number of hydrogen-bond donors (Lipinski definition) is 1. The number of rotatable bonds is 4. The van der Waals surface area contributed by atoms with Crippen LogP contribution in [0.2, 0.25) is 0 Å². The van der Waals surface area contributed by atoms with E-state index in [9.17, 15) is 0 Å². The summed E-state index contributed by atoms with van der Waals surface area (Å²) >= 11 is 0. The summed E-state index contributed by atoms with van der Waals surface area (Å²) < 4.78 is 7.34. The Labute approximate surface area is 117 Å². The van der Waals surface area contributed by atoms with Gasteiger partial charge in [-0.25, -0.2) is 4.98 Å². The van der Waals surface area contributed by atoms with Crippen molar-refractivity contribution in [2.24, 2.45) is 5.73 Å². The van der Waals surface area contributed by atoms with E-state index in [1.807, 2.05) is 41.0 Å². The predicted molar refractivity (Wildman–Crippen MR) is 77.5 cm³/mol. The molecule has 0 amide bonds. The monoisotopic (exact) mass is 268 g/mol. The molecule has 3 rings (SSSR count). The molecule has 0 saturated heterocycles. The summed E-state index contributed by atoms with van der Waals surface area (Å²) in [5, 5.41) is 0. The van der Waals surface area contributed by atoms with Crippen molar-refractivity contribution in [3.63, 3.8) is 0 Å². The van der Waals surface area contributed by atoms with Gasteiger partial charge in [-0.15, -0.1) is 0 Å². The van der Waals surface area contributed by atoms with Crippen LogP contribution in [0.1, 0.15) is 11.7 Å². The molecule has 20 heavy (non-hydrogen) atoms. The third-order valence-electron chi connectivity index (χ3n) is 3.29. The average Bonchev–Trinajstić information content (AvgIpc) is 2.90. The number of nitrogens with two attached hydrogens (primary N) is 1. The number of pyridine rings is 1. The van der Waals surface area contributed by atoms with E-state index < -0.39 is 0 Å². The fraction of sp³-hybridized carbons (Fsp3) is 0.200. The van der Waals surface area contributed by atoms with Gasteiger partial charge in [-0.1, -0.05) is 12.1 Å². The molecule has 3 aromatic rings. The second-order valence-electron chi connectivity index (χ2n) is 4.58. The van der Waals surface area contributed by atoms with Gasteiger partial charge < -0.3 is 15.0 Å². The molecule has 2 aromatic heterocycles. The maximum absolute atomic E-state index is 6.26. The molecule has 2 heterocycles. The maximum Gasteiger partial charge on any atom is 0.142 e. The van der Waals surface area contributed by atoms with Crippen LogP contribution < -0.4 is 10.5 Å². The zero-order valence-electron chi connectivity index (χ0n) is 11.2. The summed E-state index contributed by atoms with van der Waals surface area (Å²) in [7, 11) is 1.62. The summed E-state index contributed by atoms with van der Waals surface area (Å²) in [5.41, 5.74) is 9.05. The fourth-order valence-corrected chi connectivity index (χ4v) is 2.31. The Kier molecular flexibility index (Phi) is 3.35. The van der Waals surface area contributed by atoms with E-state index >= 15 is 0 Å². The van der Waals surface area contributed by atoms with Gasteiger partial charge in [-0.3, -0.25) is 4.98 Å². The number of aromatic nitrogens is 3. The first-order chi connectivity index (χ1) is 9.79. The molecule has 0 fully saturated rings. The Morgan fingerprint density at radius 2 is 2.05 bits per heavy atom. The van der Waals surface area contributed by atoms with Crippen molar-refractivity contribution in [2.45, 2.75) is 12.6 Å². The minimum atomic E-state index is -0.247. The van der Waals surface area contributed by atoms with E-state index in [1.165, 1.54) is 0 Å². The number of methoxy groups -OCH3 is 1. The third-order valence-corrected chi connectivity index (χ3v) is 3.29. The average molecular weight is 268 g/mol. The lowest BCUT2D eigenvalue weighted by molar-refractivity contribution is 0.398. The van der Waals surface area contributed by atoms with Crippen molar-refractivity contribution in [3.05, 3.63) is 54.6 Å². The van der Waals surface area contributed by atoms with E-state index in [0.29, 0.717) is 12.3 Å². The van der Waals surface area contributed by atoms with Crippen molar-refractivity contribution in [2.75, 3.05) is 7.11 Å². The summed E-state index contributed by atoms with van der Waals surface area (Å²) in [6.07, 6.45) is 3.53. The summed E-state index contributed by atoms with van der Waals surface area (Å²) in [4.78, 5) is 8.69. The minimum absolute atomic E-state index is 0.247. The molecule has 0 aliphatic carbocycles. The van der Waals surface area contributed by atoms with E-state index in [0.717, 1.165) is 16.7 Å². The van der Waals surface area contributed by atoms with E-state index in [2.05, 4.69) is 9.97 Å². The zero-order valence-corrected chi connectivity index (χ0v) is 11.2. The number of ether oxygens (including phenoxy) is 1. The lowest BCUT2D eigenvalue weighted by Gasteiger charge is -2.15. The smallest absolute Gasteiger partial charge is 0.142 e. The Hall–Kier alpha value is -2.40. The molecule has 0 aliphatic heterocycles. The molecule has 102 valence electrons. The number of benzene rings is 1. The molecule has 0 bridgehead atoms. The number of hydrogen-bond acceptors (Lipinski definition) is 4. The maximum atomic E-state index is 6.26. The molecule has 0 saturated carbocycles. The molecular weight excluding hydrogens is 252 g/mol. The summed E-state index contributed by atoms with van der Waals surface area (Å²) in [6.45, 7) is 0.605. The predicted octanol–water partition coefficient (Wildman–Crippen LogP) is 2.14. The van der Waals surface area contributed by atoms with Gasteiger partial charge in [0.2, 0.25) is 0 Å². The summed E-state index contributed by atoms with van der Waals surface area (Å²) in [6, 6.07) is 11.4. The van der Waals surface area contributed by atoms with Gasteiger partial charge >= 0.3 is 0 Å². The van der Waals surface area contributed by atoms with Crippen LogP contribution in [0.3, 0.4) is 0 Å². The molecule has 1 unspecified atom stereocenters. The molecule has 5 heteroatoms. The van der Waals surface area contributed by atoms with E-state index in [-0.39, 0.29) is 6.04 Å². The number of imidazole rings is 1. The quantitative estimate of drug-likeness (QED) is 0.787. The second kappa shape index (κ2) is 5.30. The van der Waals surface area contributed by atoms with Crippen LogP contribution in [0.4, 0.5) is 0 Å². The van der Waals surface area contributed by atoms with Crippen molar-refractivity contribution in [1.82, 2.24) is 14.5 Å².